The van der Waals surface area contributed by atoms with E-state index in [2.05, 4.69) is 0 Å². The van der Waals surface area contributed by atoms with E-state index < -0.39 is 5.97 Å². The van der Waals surface area contributed by atoms with Crippen LogP contribution in [-0.4, -0.2) is 16.2 Å². The van der Waals surface area contributed by atoms with Gasteiger partial charge in [-0.3, -0.25) is 0 Å². The van der Waals surface area contributed by atoms with Gasteiger partial charge in [-0.25, -0.2) is 4.79 Å². The van der Waals surface area contributed by atoms with Crippen LogP contribution in [0.15, 0.2) is 24.3 Å². The molecule has 1 aromatic rings. The molecule has 0 radical (unpaired) electrons. The quantitative estimate of drug-likeness (QED) is 0.360. The van der Waals surface area contributed by atoms with E-state index in [-0.39, 0.29) is 11.4 Å². The molecule has 0 amide bonds. The number of benzene rings is 1. The molecule has 0 unspecified atom stereocenters. The number of nitrogens with two attached hydrogens (primary N) is 1. The number of anilines is 1. The normalized spacial score (nSPS) is 10.5. The van der Waals surface area contributed by atoms with Crippen molar-refractivity contribution in [1.82, 2.24) is 0 Å². The maximum absolute atomic E-state index is 10.2. The highest BCUT2D eigenvalue weighted by Gasteiger charge is 1.99. The van der Waals surface area contributed by atoms with Crippen LogP contribution in [0.2, 0.25) is 0 Å². The number of phenols is 1. The fourth-order valence-electron chi connectivity index (χ4n) is 0.877. The fraction of sp³-hybridized carbons (Fsp3) is 0. The molecule has 4 N–H and O–H groups in total. The van der Waals surface area contributed by atoms with Gasteiger partial charge in [0.2, 0.25) is 0 Å². The van der Waals surface area contributed by atoms with Crippen molar-refractivity contribution in [2.45, 2.75) is 0 Å². The number of hydrogen-bond acceptors (Lipinski definition) is 3. The fourth-order valence-corrected chi connectivity index (χ4v) is 0.877. The first-order chi connectivity index (χ1) is 6.11. The predicted octanol–water partition coefficient (Wildman–Crippen LogP) is 1.07. The summed E-state index contributed by atoms with van der Waals surface area (Å²) in [5, 5.41) is 17.5. The second kappa shape index (κ2) is 3.62. The molecule has 0 aliphatic heterocycles. The van der Waals surface area contributed by atoms with Crippen molar-refractivity contribution in [2.75, 3.05) is 5.73 Å². The lowest BCUT2D eigenvalue weighted by atomic mass is 10.1. The molecule has 0 spiro atoms. The maximum Gasteiger partial charge on any atom is 0.328 e. The molecule has 0 saturated heterocycles. The molecule has 0 aliphatic carbocycles. The summed E-state index contributed by atoms with van der Waals surface area (Å²) in [4.78, 5) is 10.2. The molecule has 68 valence electrons. The van der Waals surface area contributed by atoms with Gasteiger partial charge in [0.15, 0.2) is 0 Å². The molecule has 0 atom stereocenters. The molecule has 1 rings (SSSR count). The highest BCUT2D eigenvalue weighted by molar-refractivity contribution is 5.87. The van der Waals surface area contributed by atoms with Gasteiger partial charge >= 0.3 is 5.97 Å². The third-order valence-electron chi connectivity index (χ3n) is 1.52. The number of carboxylic acids is 1. The van der Waals surface area contributed by atoms with Crippen molar-refractivity contribution >= 4 is 17.7 Å². The largest absolute Gasteiger partial charge is 0.506 e. The minimum absolute atomic E-state index is 0.0486. The summed E-state index contributed by atoms with van der Waals surface area (Å²) >= 11 is 0. The van der Waals surface area contributed by atoms with Crippen molar-refractivity contribution in [3.63, 3.8) is 0 Å². The summed E-state index contributed by atoms with van der Waals surface area (Å²) in [6, 6.07) is 4.65. The van der Waals surface area contributed by atoms with E-state index in [1.165, 1.54) is 12.1 Å². The number of hydrogen-bond donors (Lipinski definition) is 3. The lowest BCUT2D eigenvalue weighted by molar-refractivity contribution is -0.131. The second-order valence-corrected chi connectivity index (χ2v) is 2.45. The van der Waals surface area contributed by atoms with E-state index >= 15 is 0 Å². The van der Waals surface area contributed by atoms with Gasteiger partial charge in [-0.05, 0) is 12.1 Å². The Labute approximate surface area is 74.9 Å². The Bertz CT molecular complexity index is 358. The number of aromatic hydroxyl groups is 1. The average molecular weight is 179 g/mol. The van der Waals surface area contributed by atoms with Crippen molar-refractivity contribution in [3.05, 3.63) is 29.8 Å². The molecular weight excluding hydrogens is 170 g/mol. The molecule has 4 heteroatoms. The van der Waals surface area contributed by atoms with Crippen molar-refractivity contribution < 1.29 is 15.0 Å². The Balaban J connectivity index is 3.02. The molecule has 0 fully saturated rings. The van der Waals surface area contributed by atoms with E-state index in [1.54, 1.807) is 12.1 Å². The Morgan fingerprint density at radius 2 is 2.15 bits per heavy atom. The first kappa shape index (κ1) is 9.12. The topological polar surface area (TPSA) is 83.5 Å². The van der Waals surface area contributed by atoms with Crippen LogP contribution in [0.1, 0.15) is 5.56 Å². The van der Waals surface area contributed by atoms with Crippen LogP contribution in [0.5, 0.6) is 5.75 Å². The lowest BCUT2D eigenvalue weighted by Crippen LogP contribution is -1.91. The molecule has 4 nitrogen and oxygen atoms in total. The minimum Gasteiger partial charge on any atom is -0.506 e. The number of carbonyl (C=O) groups is 1. The summed E-state index contributed by atoms with van der Waals surface area (Å²) in [6.07, 6.45) is 2.29. The van der Waals surface area contributed by atoms with E-state index in [1.807, 2.05) is 0 Å². The number of nitrogen functional groups attached to an aromatic ring is 1. The third kappa shape index (κ3) is 2.23. The standard InChI is InChI=1S/C9H9NO3/c10-9-6(4-5-8(12)13)2-1-3-7(9)11/h1-5,11H,10H2,(H,12,13)/b5-4+. The van der Waals surface area contributed by atoms with Crippen LogP contribution in [0.3, 0.4) is 0 Å². The zero-order valence-corrected chi connectivity index (χ0v) is 6.77. The van der Waals surface area contributed by atoms with E-state index in [9.17, 15) is 4.79 Å². The number of aliphatic carboxylic acids is 1. The summed E-state index contributed by atoms with van der Waals surface area (Å²) < 4.78 is 0. The Morgan fingerprint density at radius 1 is 1.46 bits per heavy atom. The first-order valence-corrected chi connectivity index (χ1v) is 3.59. The van der Waals surface area contributed by atoms with Gasteiger partial charge in [0.05, 0.1) is 5.69 Å². The van der Waals surface area contributed by atoms with Crippen LogP contribution < -0.4 is 5.73 Å². The zero-order valence-electron chi connectivity index (χ0n) is 6.77. The molecule has 1 aromatic carbocycles. The Hall–Kier alpha value is -1.97. The summed E-state index contributed by atoms with van der Waals surface area (Å²) in [6.45, 7) is 0. The van der Waals surface area contributed by atoms with Gasteiger partial charge in [0, 0.05) is 11.6 Å². The zero-order chi connectivity index (χ0) is 9.84. The molecule has 0 aliphatic rings. The van der Waals surface area contributed by atoms with Crippen molar-refractivity contribution in [1.29, 1.82) is 0 Å². The summed E-state index contributed by atoms with van der Waals surface area (Å²) in [5.74, 6) is -1.10. The maximum atomic E-state index is 10.2. The predicted molar refractivity (Wildman–Crippen MR) is 49.2 cm³/mol. The van der Waals surface area contributed by atoms with Crippen LogP contribution in [0.4, 0.5) is 5.69 Å². The monoisotopic (exact) mass is 179 g/mol. The van der Waals surface area contributed by atoms with Crippen LogP contribution >= 0.6 is 0 Å². The number of para-hydroxylation sites is 1. The summed E-state index contributed by atoms with van der Waals surface area (Å²) in [5.41, 5.74) is 6.14. The average Bonchev–Trinajstić information content (AvgIpc) is 2.07. The van der Waals surface area contributed by atoms with Crippen LogP contribution in [-0.2, 0) is 4.79 Å². The molecule has 13 heavy (non-hydrogen) atoms. The second-order valence-electron chi connectivity index (χ2n) is 2.45. The number of phenolic OH excluding ortho intramolecular Hbond substituents is 1. The molecular formula is C9H9NO3. The molecule has 0 bridgehead atoms. The van der Waals surface area contributed by atoms with Gasteiger partial charge in [0.1, 0.15) is 5.75 Å². The van der Waals surface area contributed by atoms with Gasteiger partial charge in [-0.15, -0.1) is 0 Å². The Kier molecular flexibility index (Phi) is 2.54. The highest BCUT2D eigenvalue weighted by atomic mass is 16.4. The van der Waals surface area contributed by atoms with Gasteiger partial charge < -0.3 is 15.9 Å². The molecule has 0 heterocycles. The molecule has 0 aromatic heterocycles. The third-order valence-corrected chi connectivity index (χ3v) is 1.52. The SMILES string of the molecule is Nc1c(O)cccc1/C=C/C(=O)O. The summed E-state index contributed by atoms with van der Waals surface area (Å²) in [7, 11) is 0. The number of carboxylic acid groups (broad SMARTS) is 1. The van der Waals surface area contributed by atoms with Crippen LogP contribution in [0.25, 0.3) is 6.08 Å². The van der Waals surface area contributed by atoms with Crippen molar-refractivity contribution in [2.24, 2.45) is 0 Å². The van der Waals surface area contributed by atoms with Crippen LogP contribution in [0, 0.1) is 0 Å². The first-order valence-electron chi connectivity index (χ1n) is 3.59. The van der Waals surface area contributed by atoms with Gasteiger partial charge in [0.25, 0.3) is 0 Å². The van der Waals surface area contributed by atoms with Crippen molar-refractivity contribution in [3.8, 4) is 5.75 Å². The minimum atomic E-state index is -1.05. The van der Waals surface area contributed by atoms with E-state index in [0.717, 1.165) is 6.08 Å². The van der Waals surface area contributed by atoms with Gasteiger partial charge in [-0.1, -0.05) is 12.1 Å². The highest BCUT2D eigenvalue weighted by Crippen LogP contribution is 2.24. The number of rotatable bonds is 2. The Morgan fingerprint density at radius 3 is 2.77 bits per heavy atom. The van der Waals surface area contributed by atoms with E-state index in [0.29, 0.717) is 5.56 Å². The molecule has 0 saturated carbocycles. The van der Waals surface area contributed by atoms with E-state index in [4.69, 9.17) is 15.9 Å². The lowest BCUT2D eigenvalue weighted by Gasteiger charge is -2.01. The smallest absolute Gasteiger partial charge is 0.328 e. The van der Waals surface area contributed by atoms with Gasteiger partial charge in [-0.2, -0.15) is 0 Å².